The van der Waals surface area contributed by atoms with Crippen molar-refractivity contribution in [2.24, 2.45) is 0 Å². The lowest BCUT2D eigenvalue weighted by molar-refractivity contribution is 0.0564. The van der Waals surface area contributed by atoms with E-state index < -0.39 is 11.7 Å². The molecule has 0 bridgehead atoms. The van der Waals surface area contributed by atoms with Crippen LogP contribution in [-0.4, -0.2) is 34.0 Å². The fraction of sp³-hybridized carbons (Fsp3) is 0.188. The largest absolute Gasteiger partial charge is 0.339 e. The summed E-state index contributed by atoms with van der Waals surface area (Å²) in [5, 5.41) is 6.01. The van der Waals surface area contributed by atoms with Gasteiger partial charge in [-0.2, -0.15) is 4.98 Å². The Morgan fingerprint density at radius 1 is 1.33 bits per heavy atom. The SMILES string of the molecule is O=C(c1c(F)cccc1Cl)N1CC(c2nc(-c3cccs3)no2)C1. The van der Waals surface area contributed by atoms with E-state index in [2.05, 4.69) is 10.1 Å². The Kier molecular flexibility index (Phi) is 3.82. The first-order chi connectivity index (χ1) is 11.6. The maximum atomic E-state index is 13.8. The van der Waals surface area contributed by atoms with Gasteiger partial charge in [0.1, 0.15) is 5.82 Å². The molecule has 24 heavy (non-hydrogen) atoms. The highest BCUT2D eigenvalue weighted by atomic mass is 35.5. The van der Waals surface area contributed by atoms with Gasteiger partial charge in [-0.15, -0.1) is 11.3 Å². The molecule has 0 saturated carbocycles. The summed E-state index contributed by atoms with van der Waals surface area (Å²) in [5.74, 6) is -0.0502. The van der Waals surface area contributed by atoms with Gasteiger partial charge in [0, 0.05) is 13.1 Å². The number of carbonyl (C=O) groups excluding carboxylic acids is 1. The number of carbonyl (C=O) groups is 1. The predicted molar refractivity (Wildman–Crippen MR) is 87.7 cm³/mol. The van der Waals surface area contributed by atoms with Crippen LogP contribution in [0.5, 0.6) is 0 Å². The van der Waals surface area contributed by atoms with E-state index in [1.54, 1.807) is 0 Å². The van der Waals surface area contributed by atoms with Crippen LogP contribution in [0, 0.1) is 5.82 Å². The molecule has 5 nitrogen and oxygen atoms in total. The number of hydrogen-bond donors (Lipinski definition) is 0. The summed E-state index contributed by atoms with van der Waals surface area (Å²) in [5.41, 5.74) is -0.0950. The molecule has 0 atom stereocenters. The lowest BCUT2D eigenvalue weighted by Gasteiger charge is -2.37. The van der Waals surface area contributed by atoms with Crippen molar-refractivity contribution in [2.75, 3.05) is 13.1 Å². The Morgan fingerprint density at radius 3 is 2.88 bits per heavy atom. The predicted octanol–water partition coefficient (Wildman–Crippen LogP) is 3.83. The lowest BCUT2D eigenvalue weighted by atomic mass is 9.98. The van der Waals surface area contributed by atoms with Gasteiger partial charge in [0.2, 0.25) is 11.7 Å². The zero-order valence-electron chi connectivity index (χ0n) is 12.3. The summed E-state index contributed by atoms with van der Waals surface area (Å²) in [6.07, 6.45) is 0. The molecule has 0 radical (unpaired) electrons. The Morgan fingerprint density at radius 2 is 2.17 bits per heavy atom. The zero-order valence-corrected chi connectivity index (χ0v) is 13.9. The van der Waals surface area contributed by atoms with Crippen LogP contribution < -0.4 is 0 Å². The van der Waals surface area contributed by atoms with Gasteiger partial charge in [-0.25, -0.2) is 4.39 Å². The first-order valence-corrected chi connectivity index (χ1v) is 8.50. The van der Waals surface area contributed by atoms with Crippen molar-refractivity contribution < 1.29 is 13.7 Å². The molecule has 1 aliphatic heterocycles. The zero-order chi connectivity index (χ0) is 16.7. The fourth-order valence-corrected chi connectivity index (χ4v) is 3.46. The van der Waals surface area contributed by atoms with Crippen LogP contribution in [0.1, 0.15) is 22.2 Å². The maximum Gasteiger partial charge on any atom is 0.258 e. The number of amides is 1. The average Bonchev–Trinajstić information content (AvgIpc) is 3.16. The molecule has 1 amide bonds. The van der Waals surface area contributed by atoms with Crippen LogP contribution >= 0.6 is 22.9 Å². The number of halogens is 2. The summed E-state index contributed by atoms with van der Waals surface area (Å²) in [4.78, 5) is 19.2. The number of likely N-dealkylation sites (tertiary alicyclic amines) is 1. The third kappa shape index (κ3) is 2.59. The van der Waals surface area contributed by atoms with Gasteiger partial charge < -0.3 is 9.42 Å². The van der Waals surface area contributed by atoms with Gasteiger partial charge in [-0.1, -0.05) is 28.9 Å². The molecular weight excluding hydrogens is 353 g/mol. The number of hydrogen-bond acceptors (Lipinski definition) is 5. The van der Waals surface area contributed by atoms with Crippen LogP contribution in [0.15, 0.2) is 40.2 Å². The molecule has 1 saturated heterocycles. The first-order valence-electron chi connectivity index (χ1n) is 7.24. The molecule has 122 valence electrons. The summed E-state index contributed by atoms with van der Waals surface area (Å²) in [6.45, 7) is 0.797. The van der Waals surface area contributed by atoms with Crippen molar-refractivity contribution >= 4 is 28.8 Å². The molecule has 0 spiro atoms. The summed E-state index contributed by atoms with van der Waals surface area (Å²) >= 11 is 7.46. The normalized spacial score (nSPS) is 14.7. The van der Waals surface area contributed by atoms with Crippen LogP contribution in [0.25, 0.3) is 10.7 Å². The van der Waals surface area contributed by atoms with Crippen LogP contribution in [-0.2, 0) is 0 Å². The van der Waals surface area contributed by atoms with Gasteiger partial charge in [-0.05, 0) is 23.6 Å². The monoisotopic (exact) mass is 363 g/mol. The first kappa shape index (κ1) is 15.3. The Bertz CT molecular complexity index is 870. The van der Waals surface area contributed by atoms with E-state index in [4.69, 9.17) is 16.1 Å². The lowest BCUT2D eigenvalue weighted by Crippen LogP contribution is -2.48. The summed E-state index contributed by atoms with van der Waals surface area (Å²) in [6, 6.07) is 8.02. The second-order valence-electron chi connectivity index (χ2n) is 5.44. The second-order valence-corrected chi connectivity index (χ2v) is 6.79. The number of thiophene rings is 1. The van der Waals surface area contributed by atoms with Crippen molar-refractivity contribution in [2.45, 2.75) is 5.92 Å². The molecule has 0 unspecified atom stereocenters. The molecule has 4 rings (SSSR count). The van der Waals surface area contributed by atoms with E-state index in [0.29, 0.717) is 24.8 Å². The number of aromatic nitrogens is 2. The highest BCUT2D eigenvalue weighted by Crippen LogP contribution is 2.31. The number of rotatable bonds is 3. The Hall–Kier alpha value is -2.25. The molecule has 0 N–H and O–H groups in total. The Balaban J connectivity index is 1.46. The van der Waals surface area contributed by atoms with E-state index in [1.165, 1.54) is 34.4 Å². The molecule has 2 aromatic heterocycles. The maximum absolute atomic E-state index is 13.8. The molecule has 3 aromatic rings. The third-order valence-corrected chi connectivity index (χ3v) is 5.06. The molecular formula is C16H11ClFN3O2S. The van der Waals surface area contributed by atoms with Crippen molar-refractivity contribution in [3.8, 4) is 10.7 Å². The van der Waals surface area contributed by atoms with Gasteiger partial charge in [-0.3, -0.25) is 4.79 Å². The topological polar surface area (TPSA) is 59.2 Å². The van der Waals surface area contributed by atoms with Crippen molar-refractivity contribution in [3.05, 3.63) is 58.0 Å². The van der Waals surface area contributed by atoms with Crippen molar-refractivity contribution in [1.29, 1.82) is 0 Å². The second kappa shape index (κ2) is 5.99. The van der Waals surface area contributed by atoms with Crippen LogP contribution in [0.3, 0.4) is 0 Å². The van der Waals surface area contributed by atoms with Crippen molar-refractivity contribution in [3.63, 3.8) is 0 Å². The van der Waals surface area contributed by atoms with E-state index in [-0.39, 0.29) is 16.5 Å². The third-order valence-electron chi connectivity index (χ3n) is 3.88. The van der Waals surface area contributed by atoms with E-state index in [0.717, 1.165) is 4.88 Å². The van der Waals surface area contributed by atoms with Crippen LogP contribution in [0.4, 0.5) is 4.39 Å². The summed E-state index contributed by atoms with van der Waals surface area (Å²) in [7, 11) is 0. The van der Waals surface area contributed by atoms with Gasteiger partial charge in [0.15, 0.2) is 0 Å². The minimum absolute atomic E-state index is 0.0410. The van der Waals surface area contributed by atoms with E-state index in [9.17, 15) is 9.18 Å². The Labute approximate surface area is 145 Å². The number of benzene rings is 1. The molecule has 1 fully saturated rings. The fourth-order valence-electron chi connectivity index (χ4n) is 2.57. The minimum atomic E-state index is -0.617. The molecule has 3 heterocycles. The molecule has 1 aromatic carbocycles. The van der Waals surface area contributed by atoms with E-state index >= 15 is 0 Å². The van der Waals surface area contributed by atoms with Gasteiger partial charge in [0.25, 0.3) is 5.91 Å². The van der Waals surface area contributed by atoms with Gasteiger partial charge >= 0.3 is 0 Å². The highest BCUT2D eigenvalue weighted by molar-refractivity contribution is 7.13. The molecule has 1 aliphatic rings. The molecule has 8 heteroatoms. The minimum Gasteiger partial charge on any atom is -0.339 e. The van der Waals surface area contributed by atoms with E-state index in [1.807, 2.05) is 17.5 Å². The molecule has 0 aliphatic carbocycles. The summed E-state index contributed by atoms with van der Waals surface area (Å²) < 4.78 is 19.1. The smallest absolute Gasteiger partial charge is 0.258 e. The highest BCUT2D eigenvalue weighted by Gasteiger charge is 2.37. The average molecular weight is 364 g/mol. The van der Waals surface area contributed by atoms with Crippen LogP contribution in [0.2, 0.25) is 5.02 Å². The van der Waals surface area contributed by atoms with Crippen molar-refractivity contribution in [1.82, 2.24) is 15.0 Å². The number of nitrogens with zero attached hydrogens (tertiary/aromatic N) is 3. The van der Waals surface area contributed by atoms with Gasteiger partial charge in [0.05, 0.1) is 21.4 Å². The standard InChI is InChI=1S/C16H11ClFN3O2S/c17-10-3-1-4-11(18)13(10)16(22)21-7-9(8-21)15-19-14(20-23-15)12-5-2-6-24-12/h1-6,9H,7-8H2. The quantitative estimate of drug-likeness (QED) is 0.709.